The van der Waals surface area contributed by atoms with Crippen LogP contribution in [0.2, 0.25) is 0 Å². The number of anilines is 1. The van der Waals surface area contributed by atoms with Gasteiger partial charge in [0, 0.05) is 12.5 Å². The first-order valence-corrected chi connectivity index (χ1v) is 8.16. The van der Waals surface area contributed by atoms with E-state index in [2.05, 4.69) is 24.5 Å². The van der Waals surface area contributed by atoms with Gasteiger partial charge in [-0.1, -0.05) is 38.1 Å². The Morgan fingerprint density at radius 1 is 1.13 bits per heavy atom. The molecular formula is C19H22N2O2. The molecule has 23 heavy (non-hydrogen) atoms. The third kappa shape index (κ3) is 3.70. The molecule has 2 aromatic rings. The van der Waals surface area contributed by atoms with Crippen molar-refractivity contribution in [2.24, 2.45) is 11.8 Å². The molecule has 3 rings (SSSR count). The number of carbonyl (C=O) groups excluding carboxylic acids is 2. The van der Waals surface area contributed by atoms with Crippen molar-refractivity contribution in [2.75, 3.05) is 11.9 Å². The molecule has 0 radical (unpaired) electrons. The van der Waals surface area contributed by atoms with Crippen LogP contribution in [0.5, 0.6) is 0 Å². The quantitative estimate of drug-likeness (QED) is 0.887. The van der Waals surface area contributed by atoms with Crippen molar-refractivity contribution in [1.82, 2.24) is 5.32 Å². The monoisotopic (exact) mass is 310 g/mol. The Morgan fingerprint density at radius 2 is 1.78 bits per heavy atom. The summed E-state index contributed by atoms with van der Waals surface area (Å²) in [4.78, 5) is 24.6. The lowest BCUT2D eigenvalue weighted by molar-refractivity contribution is -0.117. The Labute approximate surface area is 136 Å². The van der Waals surface area contributed by atoms with E-state index in [0.717, 1.165) is 23.6 Å². The minimum absolute atomic E-state index is 0.0122. The maximum atomic E-state index is 12.5. The standard InChI is InChI=1S/C19H22N2O2/c1-12(2)11-20-19(23)16-9-14-5-3-4-6-15(14)10-17(16)21-18(22)13-7-8-13/h3-6,9-10,12-13H,7-8,11H2,1-2H3,(H,20,23)(H,21,22). The van der Waals surface area contributed by atoms with E-state index in [1.165, 1.54) is 0 Å². The van der Waals surface area contributed by atoms with Crippen LogP contribution in [0.15, 0.2) is 36.4 Å². The van der Waals surface area contributed by atoms with E-state index in [0.29, 0.717) is 23.7 Å². The molecule has 1 aliphatic carbocycles. The predicted molar refractivity (Wildman–Crippen MR) is 92.5 cm³/mol. The van der Waals surface area contributed by atoms with Crippen LogP contribution in [-0.4, -0.2) is 18.4 Å². The minimum Gasteiger partial charge on any atom is -0.352 e. The second-order valence-electron chi connectivity index (χ2n) is 6.61. The van der Waals surface area contributed by atoms with Crippen LogP contribution < -0.4 is 10.6 Å². The molecule has 0 atom stereocenters. The number of fused-ring (bicyclic) bond motifs is 1. The van der Waals surface area contributed by atoms with Gasteiger partial charge in [-0.05, 0) is 41.7 Å². The fourth-order valence-electron chi connectivity index (χ4n) is 2.50. The summed E-state index contributed by atoms with van der Waals surface area (Å²) < 4.78 is 0. The second-order valence-corrected chi connectivity index (χ2v) is 6.61. The smallest absolute Gasteiger partial charge is 0.253 e. The van der Waals surface area contributed by atoms with Gasteiger partial charge in [0.05, 0.1) is 11.3 Å². The van der Waals surface area contributed by atoms with Gasteiger partial charge in [-0.3, -0.25) is 9.59 Å². The van der Waals surface area contributed by atoms with E-state index in [4.69, 9.17) is 0 Å². The molecule has 0 aliphatic heterocycles. The van der Waals surface area contributed by atoms with Crippen molar-refractivity contribution in [1.29, 1.82) is 0 Å². The van der Waals surface area contributed by atoms with Crippen LogP contribution in [0.25, 0.3) is 10.8 Å². The summed E-state index contributed by atoms with van der Waals surface area (Å²) in [5.74, 6) is 0.352. The van der Waals surface area contributed by atoms with Gasteiger partial charge >= 0.3 is 0 Å². The third-order valence-electron chi connectivity index (χ3n) is 4.01. The van der Waals surface area contributed by atoms with Crippen molar-refractivity contribution in [3.8, 4) is 0 Å². The predicted octanol–water partition coefficient (Wildman–Crippen LogP) is 3.57. The largest absolute Gasteiger partial charge is 0.352 e. The summed E-state index contributed by atoms with van der Waals surface area (Å²) in [6, 6.07) is 11.6. The summed E-state index contributed by atoms with van der Waals surface area (Å²) in [5.41, 5.74) is 1.13. The Kier molecular flexibility index (Phi) is 4.33. The molecule has 1 aliphatic rings. The van der Waals surface area contributed by atoms with Crippen LogP contribution in [0.3, 0.4) is 0 Å². The van der Waals surface area contributed by atoms with E-state index in [-0.39, 0.29) is 17.7 Å². The number of nitrogens with one attached hydrogen (secondary N) is 2. The van der Waals surface area contributed by atoms with Crippen molar-refractivity contribution in [3.05, 3.63) is 42.0 Å². The van der Waals surface area contributed by atoms with Crippen LogP contribution in [-0.2, 0) is 4.79 Å². The van der Waals surface area contributed by atoms with E-state index < -0.39 is 0 Å². The maximum absolute atomic E-state index is 12.5. The first-order chi connectivity index (χ1) is 11.0. The van der Waals surface area contributed by atoms with Crippen LogP contribution in [0.1, 0.15) is 37.0 Å². The summed E-state index contributed by atoms with van der Waals surface area (Å²) in [6.07, 6.45) is 1.88. The fraction of sp³-hybridized carbons (Fsp3) is 0.368. The molecule has 1 saturated carbocycles. The topological polar surface area (TPSA) is 58.2 Å². The zero-order chi connectivity index (χ0) is 16.4. The molecule has 0 spiro atoms. The first-order valence-electron chi connectivity index (χ1n) is 8.16. The van der Waals surface area contributed by atoms with Crippen molar-refractivity contribution < 1.29 is 9.59 Å². The Morgan fingerprint density at radius 3 is 2.39 bits per heavy atom. The molecule has 120 valence electrons. The lowest BCUT2D eigenvalue weighted by Crippen LogP contribution is -2.28. The van der Waals surface area contributed by atoms with Gasteiger partial charge in [0.25, 0.3) is 5.91 Å². The lowest BCUT2D eigenvalue weighted by atomic mass is 10.0. The van der Waals surface area contributed by atoms with Gasteiger partial charge in [-0.2, -0.15) is 0 Å². The third-order valence-corrected chi connectivity index (χ3v) is 4.01. The molecule has 0 saturated heterocycles. The fourth-order valence-corrected chi connectivity index (χ4v) is 2.50. The zero-order valence-corrected chi connectivity index (χ0v) is 13.6. The summed E-state index contributed by atoms with van der Waals surface area (Å²) >= 11 is 0. The average Bonchev–Trinajstić information content (AvgIpc) is 3.36. The number of hydrogen-bond acceptors (Lipinski definition) is 2. The van der Waals surface area contributed by atoms with Gasteiger partial charge in [0.2, 0.25) is 5.91 Å². The van der Waals surface area contributed by atoms with Crippen molar-refractivity contribution >= 4 is 28.3 Å². The summed E-state index contributed by atoms with van der Waals surface area (Å²) in [7, 11) is 0. The Bertz CT molecular complexity index is 748. The molecule has 0 bridgehead atoms. The highest BCUT2D eigenvalue weighted by Crippen LogP contribution is 2.31. The molecule has 4 nitrogen and oxygen atoms in total. The zero-order valence-electron chi connectivity index (χ0n) is 13.6. The molecule has 0 aromatic heterocycles. The molecule has 2 aromatic carbocycles. The summed E-state index contributed by atoms with van der Waals surface area (Å²) in [5, 5.41) is 7.87. The van der Waals surface area contributed by atoms with Gasteiger partial charge in [0.1, 0.15) is 0 Å². The van der Waals surface area contributed by atoms with Gasteiger partial charge in [-0.15, -0.1) is 0 Å². The molecule has 4 heteroatoms. The maximum Gasteiger partial charge on any atom is 0.253 e. The second kappa shape index (κ2) is 6.41. The number of carbonyl (C=O) groups is 2. The number of amides is 2. The van der Waals surface area contributed by atoms with Gasteiger partial charge in [-0.25, -0.2) is 0 Å². The molecule has 2 N–H and O–H groups in total. The van der Waals surface area contributed by atoms with E-state index in [1.807, 2.05) is 36.4 Å². The number of hydrogen-bond donors (Lipinski definition) is 2. The number of benzene rings is 2. The molecule has 1 fully saturated rings. The van der Waals surface area contributed by atoms with Crippen LogP contribution >= 0.6 is 0 Å². The summed E-state index contributed by atoms with van der Waals surface area (Å²) in [6.45, 7) is 4.72. The van der Waals surface area contributed by atoms with Crippen molar-refractivity contribution in [3.63, 3.8) is 0 Å². The highest BCUT2D eigenvalue weighted by Gasteiger charge is 2.30. The SMILES string of the molecule is CC(C)CNC(=O)c1cc2ccccc2cc1NC(=O)C1CC1. The van der Waals surface area contributed by atoms with E-state index in [1.54, 1.807) is 0 Å². The normalized spacial score (nSPS) is 14.0. The number of rotatable bonds is 5. The minimum atomic E-state index is -0.143. The molecule has 0 heterocycles. The van der Waals surface area contributed by atoms with E-state index >= 15 is 0 Å². The highest BCUT2D eigenvalue weighted by atomic mass is 16.2. The highest BCUT2D eigenvalue weighted by molar-refractivity contribution is 6.08. The lowest BCUT2D eigenvalue weighted by Gasteiger charge is -2.14. The van der Waals surface area contributed by atoms with Crippen LogP contribution in [0, 0.1) is 11.8 Å². The molecule has 2 amide bonds. The Balaban J connectivity index is 1.94. The average molecular weight is 310 g/mol. The molecule has 0 unspecified atom stereocenters. The molecular weight excluding hydrogens is 288 g/mol. The van der Waals surface area contributed by atoms with Crippen LogP contribution in [0.4, 0.5) is 5.69 Å². The van der Waals surface area contributed by atoms with Gasteiger partial charge in [0.15, 0.2) is 0 Å². The van der Waals surface area contributed by atoms with Gasteiger partial charge < -0.3 is 10.6 Å². The van der Waals surface area contributed by atoms with E-state index in [9.17, 15) is 9.59 Å². The van der Waals surface area contributed by atoms with Crippen molar-refractivity contribution in [2.45, 2.75) is 26.7 Å². The first kappa shape index (κ1) is 15.5. The Hall–Kier alpha value is -2.36.